The van der Waals surface area contributed by atoms with E-state index >= 15 is 0 Å². The van der Waals surface area contributed by atoms with E-state index in [-0.39, 0.29) is 35.1 Å². The molecule has 0 atom stereocenters. The molecule has 142 valence electrons. The van der Waals surface area contributed by atoms with Crippen LogP contribution in [0, 0.1) is 5.92 Å². The van der Waals surface area contributed by atoms with Crippen molar-refractivity contribution in [2.75, 3.05) is 35.6 Å². The molecule has 1 fully saturated rings. The number of aromatic nitrogens is 2. The van der Waals surface area contributed by atoms with Gasteiger partial charge in [0.15, 0.2) is 5.16 Å². The molecule has 0 radical (unpaired) electrons. The molecule has 0 spiro atoms. The lowest BCUT2D eigenvalue weighted by Gasteiger charge is -2.31. The van der Waals surface area contributed by atoms with Gasteiger partial charge in [-0.25, -0.2) is 9.97 Å². The Morgan fingerprint density at radius 3 is 2.37 bits per heavy atom. The second-order valence-electron chi connectivity index (χ2n) is 6.30. The van der Waals surface area contributed by atoms with E-state index < -0.39 is 0 Å². The Morgan fingerprint density at radius 1 is 1.11 bits per heavy atom. The summed E-state index contributed by atoms with van der Waals surface area (Å²) < 4.78 is 0. The van der Waals surface area contributed by atoms with Gasteiger partial charge in [-0.3, -0.25) is 9.59 Å². The monoisotopic (exact) mass is 386 g/mol. The van der Waals surface area contributed by atoms with Crippen molar-refractivity contribution in [1.82, 2.24) is 14.9 Å². The van der Waals surface area contributed by atoms with Crippen LogP contribution in [0.2, 0.25) is 0 Å². The fourth-order valence-electron chi connectivity index (χ4n) is 2.90. The van der Waals surface area contributed by atoms with E-state index in [4.69, 9.17) is 11.5 Å². The van der Waals surface area contributed by atoms with Crippen molar-refractivity contribution in [3.63, 3.8) is 0 Å². The van der Waals surface area contributed by atoms with Crippen LogP contribution in [0.1, 0.15) is 12.8 Å². The number of likely N-dealkylation sites (tertiary alicyclic amines) is 1. The number of nitrogens with one attached hydrogen (secondary N) is 1. The van der Waals surface area contributed by atoms with Gasteiger partial charge >= 0.3 is 0 Å². The number of rotatable bonds is 5. The SMILES string of the molecule is Nc1cc(N)nc(SCC(=O)N2CCC(C(=O)Nc3ccccc3)CC2)n1. The van der Waals surface area contributed by atoms with Crippen molar-refractivity contribution in [1.29, 1.82) is 0 Å². The number of nitrogen functional groups attached to an aromatic ring is 2. The minimum absolute atomic E-state index is 0.00584. The second-order valence-corrected chi connectivity index (χ2v) is 7.24. The summed E-state index contributed by atoms with van der Waals surface area (Å²) >= 11 is 1.21. The third-order valence-electron chi connectivity index (χ3n) is 4.33. The number of nitrogens with two attached hydrogens (primary N) is 2. The second kappa shape index (κ2) is 8.72. The minimum Gasteiger partial charge on any atom is -0.383 e. The van der Waals surface area contributed by atoms with Gasteiger partial charge < -0.3 is 21.7 Å². The number of benzene rings is 1. The maximum atomic E-state index is 12.4. The number of nitrogens with zero attached hydrogens (tertiary/aromatic N) is 3. The summed E-state index contributed by atoms with van der Waals surface area (Å²) in [6.07, 6.45) is 1.30. The summed E-state index contributed by atoms with van der Waals surface area (Å²) in [4.78, 5) is 34.6. The fourth-order valence-corrected chi connectivity index (χ4v) is 3.68. The van der Waals surface area contributed by atoms with Gasteiger partial charge in [0.05, 0.1) is 5.75 Å². The average Bonchev–Trinajstić information content (AvgIpc) is 2.66. The number of thioether (sulfide) groups is 1. The molecule has 0 saturated carbocycles. The first kappa shape index (κ1) is 19.0. The highest BCUT2D eigenvalue weighted by Crippen LogP contribution is 2.22. The van der Waals surface area contributed by atoms with E-state index in [1.807, 2.05) is 30.3 Å². The molecular formula is C18H22N6O2S. The molecule has 2 amide bonds. The van der Waals surface area contributed by atoms with Crippen LogP contribution >= 0.6 is 11.8 Å². The van der Waals surface area contributed by atoms with Crippen molar-refractivity contribution < 1.29 is 9.59 Å². The maximum absolute atomic E-state index is 12.4. The maximum Gasteiger partial charge on any atom is 0.233 e. The van der Waals surface area contributed by atoms with Crippen molar-refractivity contribution >= 4 is 40.9 Å². The molecule has 0 unspecified atom stereocenters. The first-order valence-electron chi connectivity index (χ1n) is 8.68. The van der Waals surface area contributed by atoms with Gasteiger partial charge in [-0.1, -0.05) is 30.0 Å². The van der Waals surface area contributed by atoms with Crippen LogP contribution in [0.25, 0.3) is 0 Å². The Hall–Kier alpha value is -2.81. The zero-order valence-electron chi connectivity index (χ0n) is 14.8. The van der Waals surface area contributed by atoms with Gasteiger partial charge in [0, 0.05) is 30.8 Å². The lowest BCUT2D eigenvalue weighted by atomic mass is 9.96. The molecule has 1 aliphatic rings. The zero-order chi connectivity index (χ0) is 19.2. The molecule has 3 rings (SSSR count). The highest BCUT2D eigenvalue weighted by atomic mass is 32.2. The normalized spacial score (nSPS) is 14.7. The fraction of sp³-hybridized carbons (Fsp3) is 0.333. The summed E-state index contributed by atoms with van der Waals surface area (Å²) in [6.45, 7) is 1.12. The van der Waals surface area contributed by atoms with Crippen molar-refractivity contribution in [3.05, 3.63) is 36.4 Å². The van der Waals surface area contributed by atoms with Crippen LogP contribution in [0.3, 0.4) is 0 Å². The topological polar surface area (TPSA) is 127 Å². The number of piperidine rings is 1. The molecule has 9 heteroatoms. The summed E-state index contributed by atoms with van der Waals surface area (Å²) in [7, 11) is 0. The lowest BCUT2D eigenvalue weighted by Crippen LogP contribution is -2.42. The molecule has 2 heterocycles. The zero-order valence-corrected chi connectivity index (χ0v) is 15.6. The van der Waals surface area contributed by atoms with E-state index in [0.717, 1.165) is 5.69 Å². The summed E-state index contributed by atoms with van der Waals surface area (Å²) in [5.74, 6) is 0.686. The number of hydrogen-bond donors (Lipinski definition) is 3. The van der Waals surface area contributed by atoms with Crippen LogP contribution in [0.15, 0.2) is 41.6 Å². The minimum atomic E-state index is -0.0843. The van der Waals surface area contributed by atoms with Gasteiger partial charge in [-0.2, -0.15) is 0 Å². The van der Waals surface area contributed by atoms with Crippen LogP contribution in [0.4, 0.5) is 17.3 Å². The van der Waals surface area contributed by atoms with Gasteiger partial charge in [-0.05, 0) is 25.0 Å². The summed E-state index contributed by atoms with van der Waals surface area (Å²) in [5.41, 5.74) is 12.1. The Kier molecular flexibility index (Phi) is 6.12. The highest BCUT2D eigenvalue weighted by Gasteiger charge is 2.27. The standard InChI is InChI=1S/C18H22N6O2S/c19-14-10-15(20)23-18(22-14)27-11-16(25)24-8-6-12(7-9-24)17(26)21-13-4-2-1-3-5-13/h1-5,10,12H,6-9,11H2,(H,21,26)(H4,19,20,22,23). The Bertz CT molecular complexity index is 789. The third kappa shape index (κ3) is 5.33. The Labute approximate surface area is 161 Å². The van der Waals surface area contributed by atoms with Crippen molar-refractivity contribution in [2.45, 2.75) is 18.0 Å². The van der Waals surface area contributed by atoms with Gasteiger partial charge in [0.1, 0.15) is 11.6 Å². The summed E-state index contributed by atoms with van der Waals surface area (Å²) in [5, 5.41) is 3.31. The summed E-state index contributed by atoms with van der Waals surface area (Å²) in [6, 6.07) is 10.9. The molecule has 27 heavy (non-hydrogen) atoms. The molecule has 1 aromatic heterocycles. The smallest absolute Gasteiger partial charge is 0.233 e. The van der Waals surface area contributed by atoms with Gasteiger partial charge in [-0.15, -0.1) is 0 Å². The van der Waals surface area contributed by atoms with Crippen molar-refractivity contribution in [3.8, 4) is 0 Å². The van der Waals surface area contributed by atoms with Crippen LogP contribution in [0.5, 0.6) is 0 Å². The number of amides is 2. The van der Waals surface area contributed by atoms with Crippen molar-refractivity contribution in [2.24, 2.45) is 5.92 Å². The molecule has 0 bridgehead atoms. The predicted octanol–water partition coefficient (Wildman–Crippen LogP) is 1.61. The van der Waals surface area contributed by atoms with E-state index in [9.17, 15) is 9.59 Å². The third-order valence-corrected chi connectivity index (χ3v) is 5.16. The van der Waals surface area contributed by atoms with E-state index in [1.165, 1.54) is 17.8 Å². The molecule has 0 aliphatic carbocycles. The van der Waals surface area contributed by atoms with Crippen LogP contribution in [-0.4, -0.2) is 45.5 Å². The molecule has 1 saturated heterocycles. The van der Waals surface area contributed by atoms with Crippen LogP contribution in [-0.2, 0) is 9.59 Å². The highest BCUT2D eigenvalue weighted by molar-refractivity contribution is 7.99. The molecule has 1 aromatic carbocycles. The van der Waals surface area contributed by atoms with E-state index in [1.54, 1.807) is 4.90 Å². The van der Waals surface area contributed by atoms with E-state index in [0.29, 0.717) is 31.1 Å². The first-order valence-corrected chi connectivity index (χ1v) is 9.66. The number of anilines is 3. The van der Waals surface area contributed by atoms with Gasteiger partial charge in [0.2, 0.25) is 11.8 Å². The predicted molar refractivity (Wildman–Crippen MR) is 106 cm³/mol. The van der Waals surface area contributed by atoms with Crippen LogP contribution < -0.4 is 16.8 Å². The van der Waals surface area contributed by atoms with E-state index in [2.05, 4.69) is 15.3 Å². The Morgan fingerprint density at radius 2 is 1.74 bits per heavy atom. The number of carbonyl (C=O) groups is 2. The largest absolute Gasteiger partial charge is 0.383 e. The first-order chi connectivity index (χ1) is 13.0. The lowest BCUT2D eigenvalue weighted by molar-refractivity contribution is -0.132. The average molecular weight is 386 g/mol. The molecular weight excluding hydrogens is 364 g/mol. The van der Waals surface area contributed by atoms with Gasteiger partial charge in [0.25, 0.3) is 0 Å². The molecule has 8 nitrogen and oxygen atoms in total. The quantitative estimate of drug-likeness (QED) is 0.526. The molecule has 5 N–H and O–H groups in total. The number of para-hydroxylation sites is 1. The number of hydrogen-bond acceptors (Lipinski definition) is 7. The molecule has 2 aromatic rings. The Balaban J connectivity index is 1.45. The molecule has 1 aliphatic heterocycles. The number of carbonyl (C=O) groups excluding carboxylic acids is 2.